The Morgan fingerprint density at radius 3 is 2.50 bits per heavy atom. The summed E-state index contributed by atoms with van der Waals surface area (Å²) in [6.07, 6.45) is 1.33. The third-order valence-electron chi connectivity index (χ3n) is 1.89. The number of hydrogen-bond donors (Lipinski definition) is 1. The van der Waals surface area contributed by atoms with Gasteiger partial charge in [0, 0.05) is 0 Å². The molecule has 1 aromatic rings. The van der Waals surface area contributed by atoms with Gasteiger partial charge in [-0.2, -0.15) is 0 Å². The molecule has 0 aliphatic heterocycles. The highest BCUT2D eigenvalue weighted by Crippen LogP contribution is 2.14. The van der Waals surface area contributed by atoms with Crippen molar-refractivity contribution in [1.29, 1.82) is 0 Å². The van der Waals surface area contributed by atoms with Gasteiger partial charge < -0.3 is 14.6 Å². The molecule has 4 nitrogen and oxygen atoms in total. The first kappa shape index (κ1) is 12.1. The van der Waals surface area contributed by atoms with Crippen LogP contribution in [0.15, 0.2) is 30.0 Å². The first-order chi connectivity index (χ1) is 7.67. The fourth-order valence-corrected chi connectivity index (χ4v) is 1.15. The summed E-state index contributed by atoms with van der Waals surface area (Å²) in [7, 11) is 1.21. The van der Waals surface area contributed by atoms with E-state index in [9.17, 15) is 9.90 Å². The van der Waals surface area contributed by atoms with Crippen LogP contribution >= 0.6 is 0 Å². The van der Waals surface area contributed by atoms with E-state index >= 15 is 0 Å². The maximum absolute atomic E-state index is 10.9. The lowest BCUT2D eigenvalue weighted by Gasteiger charge is -2.02. The normalized spacial score (nSPS) is 11.0. The molecular formula is C12H14O4. The molecular weight excluding hydrogens is 208 g/mol. The van der Waals surface area contributed by atoms with Crippen LogP contribution in [-0.4, -0.2) is 24.8 Å². The second kappa shape index (κ2) is 5.80. The van der Waals surface area contributed by atoms with Crippen molar-refractivity contribution in [3.63, 3.8) is 0 Å². The molecule has 0 fully saturated rings. The molecule has 0 heterocycles. The molecule has 1 rings (SSSR count). The molecule has 0 unspecified atom stereocenters. The minimum absolute atomic E-state index is 0.424. The third-order valence-corrected chi connectivity index (χ3v) is 1.89. The van der Waals surface area contributed by atoms with Crippen molar-refractivity contribution in [3.05, 3.63) is 35.6 Å². The van der Waals surface area contributed by atoms with E-state index < -0.39 is 11.7 Å². The van der Waals surface area contributed by atoms with Gasteiger partial charge >= 0.3 is 5.97 Å². The van der Waals surface area contributed by atoms with Crippen molar-refractivity contribution in [3.8, 4) is 5.75 Å². The van der Waals surface area contributed by atoms with Crippen molar-refractivity contribution >= 4 is 12.0 Å². The zero-order chi connectivity index (χ0) is 12.0. The second-order valence-corrected chi connectivity index (χ2v) is 3.02. The highest BCUT2D eigenvalue weighted by molar-refractivity contribution is 5.90. The minimum atomic E-state index is -0.756. The van der Waals surface area contributed by atoms with Gasteiger partial charge in [-0.1, -0.05) is 12.1 Å². The van der Waals surface area contributed by atoms with Crippen LogP contribution in [0.2, 0.25) is 0 Å². The van der Waals surface area contributed by atoms with Crippen LogP contribution in [-0.2, 0) is 9.53 Å². The summed E-state index contributed by atoms with van der Waals surface area (Å²) in [5.74, 6) is -0.433. The van der Waals surface area contributed by atoms with E-state index in [0.717, 1.165) is 5.75 Å². The molecule has 16 heavy (non-hydrogen) atoms. The predicted molar refractivity (Wildman–Crippen MR) is 60.2 cm³/mol. The Labute approximate surface area is 94.1 Å². The van der Waals surface area contributed by atoms with Gasteiger partial charge in [-0.25, -0.2) is 4.79 Å². The van der Waals surface area contributed by atoms with E-state index in [0.29, 0.717) is 12.2 Å². The standard InChI is InChI=1S/C12H14O4/c1-3-16-10-6-4-9(5-7-10)8-11(13)12(14)15-2/h4-8,13H,3H2,1-2H3/b11-8-. The predicted octanol–water partition coefficient (Wildman–Crippen LogP) is 2.16. The van der Waals surface area contributed by atoms with E-state index in [1.54, 1.807) is 24.3 Å². The Hall–Kier alpha value is -1.97. The number of aliphatic hydroxyl groups is 1. The van der Waals surface area contributed by atoms with Crippen molar-refractivity contribution in [1.82, 2.24) is 0 Å². The molecule has 1 N–H and O–H groups in total. The number of aliphatic hydroxyl groups excluding tert-OH is 1. The molecule has 0 atom stereocenters. The summed E-state index contributed by atoms with van der Waals surface area (Å²) in [5, 5.41) is 9.30. The van der Waals surface area contributed by atoms with Crippen molar-refractivity contribution in [2.45, 2.75) is 6.92 Å². The molecule has 0 amide bonds. The fourth-order valence-electron chi connectivity index (χ4n) is 1.15. The van der Waals surface area contributed by atoms with Gasteiger partial charge in [0.15, 0.2) is 0 Å². The quantitative estimate of drug-likeness (QED) is 0.482. The number of methoxy groups -OCH3 is 1. The lowest BCUT2D eigenvalue weighted by molar-refractivity contribution is -0.138. The van der Waals surface area contributed by atoms with Crippen LogP contribution in [0.3, 0.4) is 0 Å². The van der Waals surface area contributed by atoms with E-state index in [2.05, 4.69) is 4.74 Å². The van der Waals surface area contributed by atoms with Gasteiger partial charge in [0.2, 0.25) is 5.76 Å². The summed E-state index contributed by atoms with van der Waals surface area (Å²) in [4.78, 5) is 10.9. The SMILES string of the molecule is CCOc1ccc(/C=C(\O)C(=O)OC)cc1. The Kier molecular flexibility index (Phi) is 4.39. The van der Waals surface area contributed by atoms with Crippen molar-refractivity contribution in [2.24, 2.45) is 0 Å². The molecule has 0 bridgehead atoms. The molecule has 0 saturated carbocycles. The number of benzene rings is 1. The van der Waals surface area contributed by atoms with Crippen LogP contribution in [0.1, 0.15) is 12.5 Å². The van der Waals surface area contributed by atoms with Gasteiger partial charge in [-0.15, -0.1) is 0 Å². The maximum atomic E-state index is 10.9. The number of ether oxygens (including phenoxy) is 2. The summed E-state index contributed by atoms with van der Waals surface area (Å²) in [5.41, 5.74) is 0.700. The average molecular weight is 222 g/mol. The molecule has 1 aromatic carbocycles. The van der Waals surface area contributed by atoms with Gasteiger partial charge in [0.1, 0.15) is 5.75 Å². The van der Waals surface area contributed by atoms with Crippen molar-refractivity contribution in [2.75, 3.05) is 13.7 Å². The van der Waals surface area contributed by atoms with E-state index in [1.165, 1.54) is 13.2 Å². The monoisotopic (exact) mass is 222 g/mol. The number of rotatable bonds is 4. The Morgan fingerprint density at radius 1 is 1.38 bits per heavy atom. The Morgan fingerprint density at radius 2 is 2.00 bits per heavy atom. The topological polar surface area (TPSA) is 55.8 Å². The first-order valence-electron chi connectivity index (χ1n) is 4.89. The van der Waals surface area contributed by atoms with Crippen LogP contribution < -0.4 is 4.74 Å². The fraction of sp³-hybridized carbons (Fsp3) is 0.250. The zero-order valence-corrected chi connectivity index (χ0v) is 9.27. The molecule has 0 spiro atoms. The summed E-state index contributed by atoms with van der Waals surface area (Å²) >= 11 is 0. The number of esters is 1. The van der Waals surface area contributed by atoms with E-state index in [4.69, 9.17) is 4.74 Å². The van der Waals surface area contributed by atoms with Gasteiger partial charge in [-0.3, -0.25) is 0 Å². The summed E-state index contributed by atoms with van der Waals surface area (Å²) < 4.78 is 9.62. The van der Waals surface area contributed by atoms with Crippen LogP contribution in [0.4, 0.5) is 0 Å². The molecule has 0 radical (unpaired) electrons. The first-order valence-corrected chi connectivity index (χ1v) is 4.89. The maximum Gasteiger partial charge on any atom is 0.373 e. The highest BCUT2D eigenvalue weighted by Gasteiger charge is 2.06. The molecule has 86 valence electrons. The third kappa shape index (κ3) is 3.31. The molecule has 0 aliphatic rings. The van der Waals surface area contributed by atoms with E-state index in [-0.39, 0.29) is 0 Å². The Bertz CT molecular complexity index is 379. The molecule has 4 heteroatoms. The zero-order valence-electron chi connectivity index (χ0n) is 9.27. The summed E-state index contributed by atoms with van der Waals surface area (Å²) in [6, 6.07) is 7.01. The lowest BCUT2D eigenvalue weighted by Crippen LogP contribution is -2.03. The summed E-state index contributed by atoms with van der Waals surface area (Å²) in [6.45, 7) is 2.50. The average Bonchev–Trinajstić information content (AvgIpc) is 2.31. The van der Waals surface area contributed by atoms with E-state index in [1.807, 2.05) is 6.92 Å². The highest BCUT2D eigenvalue weighted by atomic mass is 16.5. The largest absolute Gasteiger partial charge is 0.502 e. The second-order valence-electron chi connectivity index (χ2n) is 3.02. The van der Waals surface area contributed by atoms with Crippen LogP contribution in [0, 0.1) is 0 Å². The smallest absolute Gasteiger partial charge is 0.373 e. The number of carbonyl (C=O) groups excluding carboxylic acids is 1. The van der Waals surface area contributed by atoms with Crippen LogP contribution in [0.25, 0.3) is 6.08 Å². The minimum Gasteiger partial charge on any atom is -0.502 e. The van der Waals surface area contributed by atoms with Gasteiger partial charge in [0.25, 0.3) is 0 Å². The number of carbonyl (C=O) groups is 1. The molecule has 0 saturated heterocycles. The van der Waals surface area contributed by atoms with Crippen molar-refractivity contribution < 1.29 is 19.4 Å². The number of hydrogen-bond acceptors (Lipinski definition) is 4. The van der Waals surface area contributed by atoms with Gasteiger partial charge in [-0.05, 0) is 30.7 Å². The van der Waals surface area contributed by atoms with Gasteiger partial charge in [0.05, 0.1) is 13.7 Å². The Balaban J connectivity index is 2.78. The lowest BCUT2D eigenvalue weighted by atomic mass is 10.2. The molecule has 0 aliphatic carbocycles. The molecule has 0 aromatic heterocycles. The van der Waals surface area contributed by atoms with Crippen LogP contribution in [0.5, 0.6) is 5.75 Å².